The summed E-state index contributed by atoms with van der Waals surface area (Å²) in [6.07, 6.45) is 1.07. The van der Waals surface area contributed by atoms with Crippen molar-refractivity contribution >= 4 is 21.7 Å². The molecule has 3 rings (SSSR count). The van der Waals surface area contributed by atoms with Crippen LogP contribution in [0.3, 0.4) is 0 Å². The van der Waals surface area contributed by atoms with E-state index < -0.39 is 0 Å². The maximum absolute atomic E-state index is 12.6. The summed E-state index contributed by atoms with van der Waals surface area (Å²) in [6, 6.07) is 11.4. The third-order valence-electron chi connectivity index (χ3n) is 3.59. The molecule has 1 atom stereocenters. The van der Waals surface area contributed by atoms with Crippen molar-refractivity contribution in [2.45, 2.75) is 26.4 Å². The number of carbonyl (C=O) groups excluding carboxylic acids is 1. The Bertz CT molecular complexity index is 691. The second kappa shape index (κ2) is 5.06. The highest BCUT2D eigenvalue weighted by Gasteiger charge is 2.21. The van der Waals surface area contributed by atoms with Gasteiger partial charge in [-0.3, -0.25) is 4.79 Å². The van der Waals surface area contributed by atoms with Crippen LogP contribution in [0.4, 0.5) is 0 Å². The summed E-state index contributed by atoms with van der Waals surface area (Å²) >= 11 is 3.42. The molecule has 1 aliphatic rings. The van der Waals surface area contributed by atoms with E-state index in [1.165, 1.54) is 0 Å². The van der Waals surface area contributed by atoms with Crippen molar-refractivity contribution in [3.8, 4) is 5.75 Å². The van der Waals surface area contributed by atoms with Gasteiger partial charge in [-0.1, -0.05) is 15.9 Å². The number of ketones is 1. The van der Waals surface area contributed by atoms with Crippen LogP contribution in [-0.4, -0.2) is 11.9 Å². The van der Waals surface area contributed by atoms with Crippen LogP contribution in [-0.2, 0) is 6.42 Å². The van der Waals surface area contributed by atoms with Crippen molar-refractivity contribution in [2.24, 2.45) is 0 Å². The Morgan fingerprint density at radius 1 is 1.25 bits per heavy atom. The quantitative estimate of drug-likeness (QED) is 0.767. The molecule has 3 heteroatoms. The standard InChI is InChI=1S/C17H15BrO2/c1-10-7-14(18)4-5-15(10)17(19)12-3-6-16-13(9-12)8-11(2)20-16/h3-7,9,11H,8H2,1-2H3. The van der Waals surface area contributed by atoms with E-state index in [-0.39, 0.29) is 11.9 Å². The summed E-state index contributed by atoms with van der Waals surface area (Å²) in [5, 5.41) is 0. The normalized spacial score (nSPS) is 16.6. The minimum absolute atomic E-state index is 0.0670. The van der Waals surface area contributed by atoms with Gasteiger partial charge in [0.15, 0.2) is 5.78 Å². The lowest BCUT2D eigenvalue weighted by atomic mass is 9.97. The van der Waals surface area contributed by atoms with Crippen molar-refractivity contribution in [2.75, 3.05) is 0 Å². The molecule has 0 fully saturated rings. The van der Waals surface area contributed by atoms with Crippen molar-refractivity contribution in [1.29, 1.82) is 0 Å². The largest absolute Gasteiger partial charge is 0.490 e. The zero-order chi connectivity index (χ0) is 14.3. The predicted molar refractivity (Wildman–Crippen MR) is 82.5 cm³/mol. The molecule has 0 saturated heterocycles. The van der Waals surface area contributed by atoms with Gasteiger partial charge in [-0.05, 0) is 61.4 Å². The van der Waals surface area contributed by atoms with E-state index in [1.807, 2.05) is 50.2 Å². The highest BCUT2D eigenvalue weighted by Crippen LogP contribution is 2.30. The number of aryl methyl sites for hydroxylation is 1. The van der Waals surface area contributed by atoms with Crippen LogP contribution in [0.5, 0.6) is 5.75 Å². The smallest absolute Gasteiger partial charge is 0.193 e. The summed E-state index contributed by atoms with van der Waals surface area (Å²) in [6.45, 7) is 4.00. The third-order valence-corrected chi connectivity index (χ3v) is 4.08. The first-order chi connectivity index (χ1) is 9.54. The van der Waals surface area contributed by atoms with Gasteiger partial charge >= 0.3 is 0 Å². The fourth-order valence-corrected chi connectivity index (χ4v) is 3.08. The highest BCUT2D eigenvalue weighted by molar-refractivity contribution is 9.10. The maximum atomic E-state index is 12.6. The van der Waals surface area contributed by atoms with Gasteiger partial charge in [-0.15, -0.1) is 0 Å². The van der Waals surface area contributed by atoms with Gasteiger partial charge < -0.3 is 4.74 Å². The van der Waals surface area contributed by atoms with Gasteiger partial charge in [-0.2, -0.15) is 0 Å². The van der Waals surface area contributed by atoms with Gasteiger partial charge in [0.05, 0.1) is 0 Å². The fraction of sp³-hybridized carbons (Fsp3) is 0.235. The Labute approximate surface area is 126 Å². The van der Waals surface area contributed by atoms with Crippen molar-refractivity contribution in [1.82, 2.24) is 0 Å². The predicted octanol–water partition coefficient (Wildman–Crippen LogP) is 4.31. The molecule has 20 heavy (non-hydrogen) atoms. The summed E-state index contributed by atoms with van der Waals surface area (Å²) in [4.78, 5) is 12.6. The molecule has 0 amide bonds. The molecule has 2 nitrogen and oxygen atoms in total. The molecule has 102 valence electrons. The van der Waals surface area contributed by atoms with E-state index >= 15 is 0 Å². The van der Waals surface area contributed by atoms with E-state index in [4.69, 9.17) is 4.74 Å². The Hall–Kier alpha value is -1.61. The number of rotatable bonds is 2. The van der Waals surface area contributed by atoms with Gasteiger partial charge in [-0.25, -0.2) is 0 Å². The minimum atomic E-state index is 0.0670. The molecule has 1 unspecified atom stereocenters. The maximum Gasteiger partial charge on any atom is 0.193 e. The number of hydrogen-bond donors (Lipinski definition) is 0. The lowest BCUT2D eigenvalue weighted by Gasteiger charge is -2.07. The summed E-state index contributed by atoms with van der Waals surface area (Å²) in [7, 11) is 0. The molecule has 1 heterocycles. The summed E-state index contributed by atoms with van der Waals surface area (Å²) in [5.74, 6) is 0.971. The monoisotopic (exact) mass is 330 g/mol. The number of hydrogen-bond acceptors (Lipinski definition) is 2. The van der Waals surface area contributed by atoms with Crippen LogP contribution in [0.25, 0.3) is 0 Å². The minimum Gasteiger partial charge on any atom is -0.490 e. The molecular weight excluding hydrogens is 316 g/mol. The van der Waals surface area contributed by atoms with Gasteiger partial charge in [0, 0.05) is 22.0 Å². The number of ether oxygens (including phenoxy) is 1. The lowest BCUT2D eigenvalue weighted by molar-refractivity contribution is 0.103. The average molecular weight is 331 g/mol. The number of halogens is 1. The highest BCUT2D eigenvalue weighted by atomic mass is 79.9. The molecule has 0 aromatic heterocycles. The number of carbonyl (C=O) groups is 1. The second-order valence-corrected chi connectivity index (χ2v) is 6.16. The first kappa shape index (κ1) is 13.4. The molecule has 0 aliphatic carbocycles. The second-order valence-electron chi connectivity index (χ2n) is 5.24. The molecule has 2 aromatic carbocycles. The fourth-order valence-electron chi connectivity index (χ4n) is 2.60. The van der Waals surface area contributed by atoms with E-state index in [0.717, 1.165) is 38.9 Å². The van der Waals surface area contributed by atoms with Crippen molar-refractivity contribution in [3.05, 3.63) is 63.1 Å². The summed E-state index contributed by atoms with van der Waals surface area (Å²) < 4.78 is 6.66. The third kappa shape index (κ3) is 2.38. The van der Waals surface area contributed by atoms with E-state index in [1.54, 1.807) is 0 Å². The van der Waals surface area contributed by atoms with Crippen LogP contribution in [0.1, 0.15) is 34.0 Å². The first-order valence-corrected chi connectivity index (χ1v) is 7.44. The molecule has 0 saturated carbocycles. The molecular formula is C17H15BrO2. The zero-order valence-electron chi connectivity index (χ0n) is 11.4. The molecule has 0 N–H and O–H groups in total. The summed E-state index contributed by atoms with van der Waals surface area (Å²) in [5.41, 5.74) is 3.58. The van der Waals surface area contributed by atoms with Crippen LogP contribution < -0.4 is 4.74 Å². The van der Waals surface area contributed by atoms with Crippen LogP contribution >= 0.6 is 15.9 Å². The average Bonchev–Trinajstić information content (AvgIpc) is 2.77. The van der Waals surface area contributed by atoms with Crippen LogP contribution in [0.2, 0.25) is 0 Å². The Kier molecular flexibility index (Phi) is 3.38. The Morgan fingerprint density at radius 3 is 2.80 bits per heavy atom. The van der Waals surface area contributed by atoms with Crippen LogP contribution in [0, 0.1) is 6.92 Å². The number of benzene rings is 2. The topological polar surface area (TPSA) is 26.3 Å². The van der Waals surface area contributed by atoms with Crippen molar-refractivity contribution < 1.29 is 9.53 Å². The molecule has 0 radical (unpaired) electrons. The zero-order valence-corrected chi connectivity index (χ0v) is 13.0. The van der Waals surface area contributed by atoms with Gasteiger partial charge in [0.2, 0.25) is 0 Å². The van der Waals surface area contributed by atoms with Gasteiger partial charge in [0.1, 0.15) is 11.9 Å². The molecule has 0 spiro atoms. The SMILES string of the molecule is Cc1cc(Br)ccc1C(=O)c1ccc2c(c1)CC(C)O2. The first-order valence-electron chi connectivity index (χ1n) is 6.65. The number of fused-ring (bicyclic) bond motifs is 1. The molecule has 1 aliphatic heterocycles. The Morgan fingerprint density at radius 2 is 2.05 bits per heavy atom. The molecule has 0 bridgehead atoms. The van der Waals surface area contributed by atoms with E-state index in [0.29, 0.717) is 0 Å². The van der Waals surface area contributed by atoms with Crippen molar-refractivity contribution in [3.63, 3.8) is 0 Å². The Balaban J connectivity index is 1.97. The van der Waals surface area contributed by atoms with E-state index in [9.17, 15) is 4.79 Å². The van der Waals surface area contributed by atoms with Crippen LogP contribution in [0.15, 0.2) is 40.9 Å². The lowest BCUT2D eigenvalue weighted by Crippen LogP contribution is -2.05. The van der Waals surface area contributed by atoms with E-state index in [2.05, 4.69) is 15.9 Å². The van der Waals surface area contributed by atoms with Gasteiger partial charge in [0.25, 0.3) is 0 Å². The molecule has 2 aromatic rings.